The van der Waals surface area contributed by atoms with Crippen LogP contribution in [-0.2, 0) is 4.74 Å². The zero-order valence-corrected chi connectivity index (χ0v) is 16.1. The van der Waals surface area contributed by atoms with Gasteiger partial charge in [-0.2, -0.15) is 0 Å². The number of rotatable bonds is 7. The fourth-order valence-electron chi connectivity index (χ4n) is 3.68. The number of guanidine groups is 1. The van der Waals surface area contributed by atoms with Crippen LogP contribution < -0.4 is 5.32 Å². The van der Waals surface area contributed by atoms with Crippen molar-refractivity contribution < 1.29 is 4.74 Å². The van der Waals surface area contributed by atoms with Gasteiger partial charge < -0.3 is 19.9 Å². The van der Waals surface area contributed by atoms with E-state index in [0.29, 0.717) is 12.0 Å². The van der Waals surface area contributed by atoms with E-state index in [2.05, 4.69) is 40.8 Å². The van der Waals surface area contributed by atoms with Crippen molar-refractivity contribution in [3.05, 3.63) is 0 Å². The quantitative estimate of drug-likeness (QED) is 0.552. The molecule has 2 heterocycles. The molecule has 0 spiro atoms. The third kappa shape index (κ3) is 5.60. The van der Waals surface area contributed by atoms with Gasteiger partial charge in [-0.3, -0.25) is 9.89 Å². The van der Waals surface area contributed by atoms with Gasteiger partial charge in [0.15, 0.2) is 5.96 Å². The summed E-state index contributed by atoms with van der Waals surface area (Å²) < 4.78 is 5.31. The van der Waals surface area contributed by atoms with Crippen LogP contribution >= 0.6 is 0 Å². The fraction of sp³-hybridized carbons (Fsp3) is 0.944. The van der Waals surface area contributed by atoms with Crippen molar-refractivity contribution in [2.75, 3.05) is 72.6 Å². The van der Waals surface area contributed by atoms with Crippen LogP contribution in [0.1, 0.15) is 27.2 Å². The highest BCUT2D eigenvalue weighted by atomic mass is 16.5. The van der Waals surface area contributed by atoms with Gasteiger partial charge >= 0.3 is 0 Å². The predicted octanol–water partition coefficient (Wildman–Crippen LogP) is 0.946. The molecule has 0 saturated carbocycles. The third-order valence-electron chi connectivity index (χ3n) is 5.31. The Hall–Kier alpha value is -0.850. The Labute approximate surface area is 148 Å². The van der Waals surface area contributed by atoms with E-state index in [1.807, 2.05) is 0 Å². The molecule has 0 amide bonds. The van der Waals surface area contributed by atoms with Crippen LogP contribution in [0, 0.1) is 5.92 Å². The van der Waals surface area contributed by atoms with Crippen molar-refractivity contribution in [3.8, 4) is 0 Å². The SMILES string of the molecule is CCNC(=NCC(C)N1CCN(CC)CC1)N1CCC(COC)C1. The standard InChI is InChI=1S/C18H37N5O/c1-5-19-18(23-8-7-17(14-23)15-24-4)20-13-16(3)22-11-9-21(6-2)10-12-22/h16-17H,5-15H2,1-4H3,(H,19,20). The maximum absolute atomic E-state index is 5.31. The Morgan fingerprint density at radius 1 is 1.21 bits per heavy atom. The van der Waals surface area contributed by atoms with Crippen LogP contribution in [0.5, 0.6) is 0 Å². The van der Waals surface area contributed by atoms with Gasteiger partial charge in [-0.1, -0.05) is 6.92 Å². The topological polar surface area (TPSA) is 43.3 Å². The first-order valence-electron chi connectivity index (χ1n) is 9.66. The van der Waals surface area contributed by atoms with E-state index in [1.165, 1.54) is 39.1 Å². The summed E-state index contributed by atoms with van der Waals surface area (Å²) >= 11 is 0. The minimum Gasteiger partial charge on any atom is -0.384 e. The van der Waals surface area contributed by atoms with E-state index in [1.54, 1.807) is 7.11 Å². The van der Waals surface area contributed by atoms with Crippen LogP contribution in [0.25, 0.3) is 0 Å². The van der Waals surface area contributed by atoms with E-state index in [0.717, 1.165) is 38.7 Å². The summed E-state index contributed by atoms with van der Waals surface area (Å²) in [5.41, 5.74) is 0. The first-order valence-corrected chi connectivity index (χ1v) is 9.66. The van der Waals surface area contributed by atoms with Crippen LogP contribution in [0.4, 0.5) is 0 Å². The van der Waals surface area contributed by atoms with E-state index >= 15 is 0 Å². The molecule has 0 aromatic heterocycles. The molecule has 2 aliphatic heterocycles. The molecule has 2 aliphatic rings. The molecule has 6 heteroatoms. The average Bonchev–Trinajstić information content (AvgIpc) is 3.07. The number of likely N-dealkylation sites (N-methyl/N-ethyl adjacent to an activating group) is 1. The molecular weight excluding hydrogens is 302 g/mol. The summed E-state index contributed by atoms with van der Waals surface area (Å²) in [5, 5.41) is 3.47. The first kappa shape index (κ1) is 19.5. The summed E-state index contributed by atoms with van der Waals surface area (Å²) in [4.78, 5) is 12.4. The highest BCUT2D eigenvalue weighted by Crippen LogP contribution is 2.16. The number of ether oxygens (including phenoxy) is 1. The molecule has 0 bridgehead atoms. The zero-order valence-electron chi connectivity index (χ0n) is 16.1. The summed E-state index contributed by atoms with van der Waals surface area (Å²) in [6, 6.07) is 0.509. The molecule has 2 fully saturated rings. The minimum absolute atomic E-state index is 0.509. The Balaban J connectivity index is 1.84. The Bertz CT molecular complexity index is 382. The van der Waals surface area contributed by atoms with Gasteiger partial charge in [0.25, 0.3) is 0 Å². The number of piperazine rings is 1. The molecule has 0 aromatic carbocycles. The van der Waals surface area contributed by atoms with Crippen molar-refractivity contribution in [2.24, 2.45) is 10.9 Å². The van der Waals surface area contributed by atoms with Gasteiger partial charge in [0.1, 0.15) is 0 Å². The van der Waals surface area contributed by atoms with Crippen molar-refractivity contribution in [1.82, 2.24) is 20.0 Å². The molecule has 0 aliphatic carbocycles. The van der Waals surface area contributed by atoms with Crippen LogP contribution in [0.15, 0.2) is 4.99 Å². The second kappa shape index (κ2) is 10.2. The van der Waals surface area contributed by atoms with Crippen LogP contribution in [0.3, 0.4) is 0 Å². The number of likely N-dealkylation sites (tertiary alicyclic amines) is 1. The van der Waals surface area contributed by atoms with Crippen molar-refractivity contribution >= 4 is 5.96 Å². The minimum atomic E-state index is 0.509. The second-order valence-electron chi connectivity index (χ2n) is 7.07. The van der Waals surface area contributed by atoms with E-state index in [-0.39, 0.29) is 0 Å². The van der Waals surface area contributed by atoms with Gasteiger partial charge in [-0.15, -0.1) is 0 Å². The molecule has 0 aromatic rings. The van der Waals surface area contributed by atoms with Crippen molar-refractivity contribution in [2.45, 2.75) is 33.2 Å². The number of methoxy groups -OCH3 is 1. The number of nitrogens with zero attached hydrogens (tertiary/aromatic N) is 4. The highest BCUT2D eigenvalue weighted by molar-refractivity contribution is 5.80. The highest BCUT2D eigenvalue weighted by Gasteiger charge is 2.25. The molecular formula is C18H37N5O. The van der Waals surface area contributed by atoms with Crippen molar-refractivity contribution in [1.29, 1.82) is 0 Å². The van der Waals surface area contributed by atoms with E-state index in [4.69, 9.17) is 9.73 Å². The largest absolute Gasteiger partial charge is 0.384 e. The smallest absolute Gasteiger partial charge is 0.193 e. The first-order chi connectivity index (χ1) is 11.7. The molecule has 0 radical (unpaired) electrons. The van der Waals surface area contributed by atoms with E-state index < -0.39 is 0 Å². The lowest BCUT2D eigenvalue weighted by Gasteiger charge is -2.37. The average molecular weight is 340 g/mol. The fourth-order valence-corrected chi connectivity index (χ4v) is 3.68. The Morgan fingerprint density at radius 3 is 2.58 bits per heavy atom. The van der Waals surface area contributed by atoms with E-state index in [9.17, 15) is 0 Å². The summed E-state index contributed by atoms with van der Waals surface area (Å²) in [5.74, 6) is 1.72. The number of aliphatic imine (C=N–C) groups is 1. The van der Waals surface area contributed by atoms with Gasteiger partial charge in [0.2, 0.25) is 0 Å². The van der Waals surface area contributed by atoms with Crippen molar-refractivity contribution in [3.63, 3.8) is 0 Å². The lowest BCUT2D eigenvalue weighted by atomic mass is 10.1. The number of nitrogens with one attached hydrogen (secondary N) is 1. The normalized spacial score (nSPS) is 25.2. The predicted molar refractivity (Wildman–Crippen MR) is 101 cm³/mol. The maximum Gasteiger partial charge on any atom is 0.193 e. The Kier molecular flexibility index (Phi) is 8.29. The molecule has 2 atom stereocenters. The molecule has 2 rings (SSSR count). The molecule has 6 nitrogen and oxygen atoms in total. The van der Waals surface area contributed by atoms with Crippen LogP contribution in [0.2, 0.25) is 0 Å². The van der Waals surface area contributed by atoms with Gasteiger partial charge in [-0.25, -0.2) is 0 Å². The lowest BCUT2D eigenvalue weighted by Crippen LogP contribution is -2.50. The summed E-state index contributed by atoms with van der Waals surface area (Å²) in [6.07, 6.45) is 1.20. The molecule has 140 valence electrons. The zero-order chi connectivity index (χ0) is 17.4. The van der Waals surface area contributed by atoms with Gasteiger partial charge in [0.05, 0.1) is 13.2 Å². The van der Waals surface area contributed by atoms with Gasteiger partial charge in [-0.05, 0) is 26.8 Å². The lowest BCUT2D eigenvalue weighted by molar-refractivity contribution is 0.109. The number of hydrogen-bond acceptors (Lipinski definition) is 4. The monoisotopic (exact) mass is 339 g/mol. The molecule has 24 heavy (non-hydrogen) atoms. The maximum atomic E-state index is 5.31. The van der Waals surface area contributed by atoms with Crippen LogP contribution in [-0.4, -0.2) is 99.3 Å². The summed E-state index contributed by atoms with van der Waals surface area (Å²) in [7, 11) is 1.79. The molecule has 2 unspecified atom stereocenters. The molecule has 2 saturated heterocycles. The van der Waals surface area contributed by atoms with Gasteiger partial charge in [0, 0.05) is 64.9 Å². The molecule has 1 N–H and O–H groups in total. The summed E-state index contributed by atoms with van der Waals surface area (Å²) in [6.45, 7) is 17.4. The number of hydrogen-bond donors (Lipinski definition) is 1. The second-order valence-corrected chi connectivity index (χ2v) is 7.07. The Morgan fingerprint density at radius 2 is 1.96 bits per heavy atom. The third-order valence-corrected chi connectivity index (χ3v) is 5.31.